The minimum Gasteiger partial charge on any atom is -0.397 e. The second-order valence-corrected chi connectivity index (χ2v) is 5.78. The zero-order valence-electron chi connectivity index (χ0n) is 9.82. The highest BCUT2D eigenvalue weighted by molar-refractivity contribution is 7.00. The molecule has 0 saturated carbocycles. The molecule has 102 valence electrons. The smallest absolute Gasteiger partial charge is 0.129 e. The van der Waals surface area contributed by atoms with Crippen molar-refractivity contribution in [2.45, 2.75) is 0 Å². The van der Waals surface area contributed by atoms with E-state index in [4.69, 9.17) is 40.5 Å². The molecule has 2 aromatic carbocycles. The minimum atomic E-state index is 0.398. The third-order valence-corrected chi connectivity index (χ3v) is 4.31. The highest BCUT2D eigenvalue weighted by Crippen LogP contribution is 2.37. The summed E-state index contributed by atoms with van der Waals surface area (Å²) in [5.74, 6) is 0. The van der Waals surface area contributed by atoms with Gasteiger partial charge in [0.05, 0.1) is 43.9 Å². The number of aromatic nitrogens is 2. The van der Waals surface area contributed by atoms with Gasteiger partial charge in [-0.1, -0.05) is 34.8 Å². The van der Waals surface area contributed by atoms with Crippen LogP contribution in [-0.2, 0) is 0 Å². The van der Waals surface area contributed by atoms with Gasteiger partial charge < -0.3 is 11.1 Å². The number of anilines is 3. The molecule has 1 aromatic heterocycles. The number of nitrogens with one attached hydrogen (secondary N) is 1. The average molecular weight is 346 g/mol. The van der Waals surface area contributed by atoms with E-state index in [-0.39, 0.29) is 0 Å². The summed E-state index contributed by atoms with van der Waals surface area (Å²) >= 11 is 19.2. The molecule has 0 unspecified atom stereocenters. The largest absolute Gasteiger partial charge is 0.397 e. The van der Waals surface area contributed by atoms with Gasteiger partial charge in [0, 0.05) is 0 Å². The zero-order valence-corrected chi connectivity index (χ0v) is 12.9. The molecule has 4 nitrogen and oxygen atoms in total. The first-order chi connectivity index (χ1) is 9.56. The van der Waals surface area contributed by atoms with Crippen molar-refractivity contribution in [1.29, 1.82) is 0 Å². The third-order valence-electron chi connectivity index (χ3n) is 2.73. The van der Waals surface area contributed by atoms with E-state index in [1.165, 1.54) is 0 Å². The highest BCUT2D eigenvalue weighted by Gasteiger charge is 2.12. The van der Waals surface area contributed by atoms with Crippen molar-refractivity contribution < 1.29 is 0 Å². The van der Waals surface area contributed by atoms with Gasteiger partial charge in [-0.05, 0) is 24.3 Å². The van der Waals surface area contributed by atoms with Gasteiger partial charge in [-0.3, -0.25) is 0 Å². The molecule has 0 bridgehead atoms. The molecule has 20 heavy (non-hydrogen) atoms. The zero-order chi connectivity index (χ0) is 14.3. The maximum Gasteiger partial charge on any atom is 0.129 e. The predicted molar refractivity (Wildman–Crippen MR) is 86.6 cm³/mol. The van der Waals surface area contributed by atoms with E-state index in [2.05, 4.69) is 14.1 Å². The summed E-state index contributed by atoms with van der Waals surface area (Å²) in [7, 11) is 0. The van der Waals surface area contributed by atoms with Gasteiger partial charge in [0.1, 0.15) is 11.0 Å². The lowest BCUT2D eigenvalue weighted by atomic mass is 10.2. The van der Waals surface area contributed by atoms with E-state index in [0.29, 0.717) is 37.6 Å². The summed E-state index contributed by atoms with van der Waals surface area (Å²) in [4.78, 5) is 0. The van der Waals surface area contributed by atoms with Gasteiger partial charge in [0.2, 0.25) is 0 Å². The van der Waals surface area contributed by atoms with Gasteiger partial charge in [-0.15, -0.1) is 0 Å². The molecule has 0 radical (unpaired) electrons. The molecule has 0 atom stereocenters. The Bertz CT molecular complexity index is 803. The van der Waals surface area contributed by atoms with Crippen LogP contribution in [0, 0.1) is 0 Å². The van der Waals surface area contributed by atoms with Crippen LogP contribution in [0.3, 0.4) is 0 Å². The minimum absolute atomic E-state index is 0.398. The van der Waals surface area contributed by atoms with Crippen molar-refractivity contribution in [3.8, 4) is 0 Å². The third kappa shape index (κ3) is 2.38. The molecule has 3 rings (SSSR count). The maximum atomic E-state index is 6.21. The Labute approximate surface area is 133 Å². The summed E-state index contributed by atoms with van der Waals surface area (Å²) in [6.45, 7) is 0. The van der Waals surface area contributed by atoms with Crippen LogP contribution in [0.5, 0.6) is 0 Å². The summed E-state index contributed by atoms with van der Waals surface area (Å²) in [5.41, 5.74) is 9.10. The van der Waals surface area contributed by atoms with Crippen LogP contribution < -0.4 is 11.1 Å². The van der Waals surface area contributed by atoms with Crippen LogP contribution in [0.25, 0.3) is 11.0 Å². The quantitative estimate of drug-likeness (QED) is 0.643. The first kappa shape index (κ1) is 13.7. The van der Waals surface area contributed by atoms with Crippen LogP contribution in [0.1, 0.15) is 0 Å². The van der Waals surface area contributed by atoms with E-state index in [1.807, 2.05) is 6.07 Å². The first-order valence-electron chi connectivity index (χ1n) is 5.48. The number of hydrogen-bond acceptors (Lipinski definition) is 5. The highest BCUT2D eigenvalue weighted by atomic mass is 35.5. The summed E-state index contributed by atoms with van der Waals surface area (Å²) in [6.07, 6.45) is 0. The molecular formula is C12H7Cl3N4S. The van der Waals surface area contributed by atoms with Crippen molar-refractivity contribution in [3.05, 3.63) is 39.3 Å². The topological polar surface area (TPSA) is 63.8 Å². The van der Waals surface area contributed by atoms with Gasteiger partial charge in [-0.25, -0.2) is 0 Å². The van der Waals surface area contributed by atoms with E-state index in [9.17, 15) is 0 Å². The molecule has 3 N–H and O–H groups in total. The Hall–Kier alpha value is -1.27. The lowest BCUT2D eigenvalue weighted by molar-refractivity contribution is 1.54. The van der Waals surface area contributed by atoms with E-state index < -0.39 is 0 Å². The van der Waals surface area contributed by atoms with Crippen molar-refractivity contribution in [2.24, 2.45) is 0 Å². The Balaban J connectivity index is 2.12. The van der Waals surface area contributed by atoms with Crippen molar-refractivity contribution >= 4 is 74.6 Å². The monoisotopic (exact) mass is 344 g/mol. The number of halogens is 3. The number of fused-ring (bicyclic) bond motifs is 1. The van der Waals surface area contributed by atoms with Crippen molar-refractivity contribution in [1.82, 2.24) is 8.75 Å². The average Bonchev–Trinajstić information content (AvgIpc) is 2.87. The van der Waals surface area contributed by atoms with Crippen LogP contribution in [0.4, 0.5) is 17.1 Å². The molecule has 3 aromatic rings. The van der Waals surface area contributed by atoms with Crippen molar-refractivity contribution in [3.63, 3.8) is 0 Å². The normalized spacial score (nSPS) is 10.9. The van der Waals surface area contributed by atoms with Gasteiger partial charge in [0.25, 0.3) is 0 Å². The lowest BCUT2D eigenvalue weighted by Gasteiger charge is -2.12. The van der Waals surface area contributed by atoms with E-state index in [1.54, 1.807) is 18.2 Å². The second-order valence-electron chi connectivity index (χ2n) is 4.03. The summed E-state index contributed by atoms with van der Waals surface area (Å²) in [6, 6.07) is 6.79. The fourth-order valence-corrected chi connectivity index (χ4v) is 2.83. The Morgan fingerprint density at radius 1 is 1.00 bits per heavy atom. The van der Waals surface area contributed by atoms with Crippen molar-refractivity contribution in [2.75, 3.05) is 11.1 Å². The Morgan fingerprint density at radius 3 is 2.55 bits per heavy atom. The Morgan fingerprint density at radius 2 is 1.75 bits per heavy atom. The molecule has 8 heteroatoms. The number of nitrogen functional groups attached to an aromatic ring is 1. The number of nitrogens with two attached hydrogens (primary N) is 1. The standard InChI is InChI=1S/C12H7Cl3N4S/c13-5-1-2-9-12(19-20-18-9)11(5)17-10-4-7(15)6(14)3-8(10)16/h1-4,17H,16H2. The summed E-state index contributed by atoms with van der Waals surface area (Å²) < 4.78 is 8.40. The molecule has 1 heterocycles. The number of nitrogens with zero attached hydrogens (tertiary/aromatic N) is 2. The fraction of sp³-hybridized carbons (Fsp3) is 0. The number of hydrogen-bond donors (Lipinski definition) is 2. The fourth-order valence-electron chi connectivity index (χ4n) is 1.75. The summed E-state index contributed by atoms with van der Waals surface area (Å²) in [5, 5.41) is 4.47. The molecule has 0 amide bonds. The van der Waals surface area contributed by atoms with E-state index in [0.717, 1.165) is 17.2 Å². The van der Waals surface area contributed by atoms with Crippen LogP contribution in [-0.4, -0.2) is 8.75 Å². The van der Waals surface area contributed by atoms with Crippen LogP contribution >= 0.6 is 46.5 Å². The predicted octanol–water partition coefficient (Wildman–Crippen LogP) is 4.98. The molecule has 0 aliphatic carbocycles. The molecule has 0 aliphatic heterocycles. The van der Waals surface area contributed by atoms with Gasteiger partial charge in [-0.2, -0.15) is 8.75 Å². The molecular weight excluding hydrogens is 339 g/mol. The molecule has 0 aliphatic rings. The second kappa shape index (κ2) is 5.26. The van der Waals surface area contributed by atoms with E-state index >= 15 is 0 Å². The molecule has 0 saturated heterocycles. The number of benzene rings is 2. The van der Waals surface area contributed by atoms with Crippen LogP contribution in [0.2, 0.25) is 15.1 Å². The molecule has 0 spiro atoms. The van der Waals surface area contributed by atoms with Gasteiger partial charge >= 0.3 is 0 Å². The SMILES string of the molecule is Nc1cc(Cl)c(Cl)cc1Nc1c(Cl)ccc2nsnc12. The lowest BCUT2D eigenvalue weighted by Crippen LogP contribution is -1.98. The molecule has 0 fully saturated rings. The first-order valence-corrected chi connectivity index (χ1v) is 7.35. The van der Waals surface area contributed by atoms with Gasteiger partial charge in [0.15, 0.2) is 0 Å². The van der Waals surface area contributed by atoms with Crippen LogP contribution in [0.15, 0.2) is 24.3 Å². The Kier molecular flexibility index (Phi) is 3.60. The number of rotatable bonds is 2. The maximum absolute atomic E-state index is 6.21.